The fourth-order valence-corrected chi connectivity index (χ4v) is 5.53. The standard InChI is InChI=1S/C26H36O7/c1-16(29)10-24(31)22(15-28)20(4-7-27)12-18-13-21-19(11-17-5-8-33-9-6-17)2-3-23(30)26(21)25(32)14-18/h2-3,17-18,20,22,27-28,30H,4-15H2,1H3. The summed E-state index contributed by atoms with van der Waals surface area (Å²) in [7, 11) is 0. The summed E-state index contributed by atoms with van der Waals surface area (Å²) in [4.78, 5) is 37.0. The molecule has 3 rings (SSSR count). The molecule has 0 spiro atoms. The molecule has 0 aromatic heterocycles. The van der Waals surface area contributed by atoms with Crippen molar-refractivity contribution in [1.82, 2.24) is 0 Å². The van der Waals surface area contributed by atoms with Crippen molar-refractivity contribution < 1.29 is 34.4 Å². The van der Waals surface area contributed by atoms with Crippen molar-refractivity contribution in [2.75, 3.05) is 26.4 Å². The van der Waals surface area contributed by atoms with Gasteiger partial charge in [0.15, 0.2) is 5.78 Å². The van der Waals surface area contributed by atoms with Crippen LogP contribution >= 0.6 is 0 Å². The van der Waals surface area contributed by atoms with Crippen LogP contribution < -0.4 is 0 Å². The first kappa shape index (κ1) is 25.5. The minimum absolute atomic E-state index is 0.0148. The number of Topliss-reactive ketones (excluding diaryl/α,β-unsaturated/α-hetero) is 3. The van der Waals surface area contributed by atoms with E-state index in [2.05, 4.69) is 0 Å². The summed E-state index contributed by atoms with van der Waals surface area (Å²) >= 11 is 0. The Balaban J connectivity index is 1.81. The van der Waals surface area contributed by atoms with Crippen LogP contribution in [0, 0.1) is 23.7 Å². The van der Waals surface area contributed by atoms with E-state index in [0.29, 0.717) is 30.7 Å². The number of benzene rings is 1. The number of fused-ring (bicyclic) bond motifs is 1. The molecule has 1 aromatic rings. The summed E-state index contributed by atoms with van der Waals surface area (Å²) in [5.74, 6) is -1.29. The zero-order chi connectivity index (χ0) is 24.0. The highest BCUT2D eigenvalue weighted by Crippen LogP contribution is 2.39. The van der Waals surface area contributed by atoms with Crippen LogP contribution in [0.3, 0.4) is 0 Å². The van der Waals surface area contributed by atoms with Crippen molar-refractivity contribution in [3.63, 3.8) is 0 Å². The number of carbonyl (C=O) groups excluding carboxylic acids is 3. The third-order valence-electron chi connectivity index (χ3n) is 7.22. The van der Waals surface area contributed by atoms with Gasteiger partial charge in [0.1, 0.15) is 17.3 Å². The smallest absolute Gasteiger partial charge is 0.167 e. The average molecular weight is 461 g/mol. The van der Waals surface area contributed by atoms with Crippen LogP contribution in [0.4, 0.5) is 0 Å². The molecule has 1 saturated heterocycles. The predicted octanol–water partition coefficient (Wildman–Crippen LogP) is 2.65. The molecule has 1 aliphatic heterocycles. The van der Waals surface area contributed by atoms with Gasteiger partial charge in [-0.05, 0) is 80.4 Å². The second kappa shape index (κ2) is 11.9. The maximum Gasteiger partial charge on any atom is 0.167 e. The Bertz CT molecular complexity index is 856. The molecule has 0 radical (unpaired) electrons. The topological polar surface area (TPSA) is 121 Å². The second-order valence-electron chi connectivity index (χ2n) is 9.70. The molecule has 1 aliphatic carbocycles. The summed E-state index contributed by atoms with van der Waals surface area (Å²) in [6.45, 7) is 2.31. The van der Waals surface area contributed by atoms with Crippen LogP contribution in [0.2, 0.25) is 0 Å². The minimum atomic E-state index is -0.733. The molecule has 3 unspecified atom stereocenters. The van der Waals surface area contributed by atoms with Crippen LogP contribution in [-0.2, 0) is 27.2 Å². The molecule has 3 atom stereocenters. The molecule has 7 heteroatoms. The summed E-state index contributed by atoms with van der Waals surface area (Å²) in [5.41, 5.74) is 2.39. The van der Waals surface area contributed by atoms with Crippen LogP contribution in [0.5, 0.6) is 5.75 Å². The summed E-state index contributed by atoms with van der Waals surface area (Å²) in [5, 5.41) is 29.9. The van der Waals surface area contributed by atoms with E-state index < -0.39 is 5.92 Å². The summed E-state index contributed by atoms with van der Waals surface area (Å²) in [6, 6.07) is 3.53. The molecule has 0 amide bonds. The lowest BCUT2D eigenvalue weighted by Crippen LogP contribution is -2.32. The van der Waals surface area contributed by atoms with Gasteiger partial charge in [-0.15, -0.1) is 0 Å². The molecule has 1 heterocycles. The zero-order valence-corrected chi connectivity index (χ0v) is 19.4. The lowest BCUT2D eigenvalue weighted by molar-refractivity contribution is -0.131. The van der Waals surface area contributed by atoms with Crippen molar-refractivity contribution in [3.8, 4) is 5.75 Å². The van der Waals surface area contributed by atoms with E-state index in [-0.39, 0.29) is 61.0 Å². The van der Waals surface area contributed by atoms with Crippen LogP contribution in [0.25, 0.3) is 0 Å². The molecular formula is C26H36O7. The van der Waals surface area contributed by atoms with Gasteiger partial charge >= 0.3 is 0 Å². The number of phenols is 1. The van der Waals surface area contributed by atoms with Crippen molar-refractivity contribution in [2.24, 2.45) is 23.7 Å². The predicted molar refractivity (Wildman–Crippen MR) is 122 cm³/mol. The number of aliphatic hydroxyl groups excluding tert-OH is 2. The van der Waals surface area contributed by atoms with Gasteiger partial charge in [-0.2, -0.15) is 0 Å². The van der Waals surface area contributed by atoms with Gasteiger partial charge in [0, 0.05) is 32.2 Å². The largest absolute Gasteiger partial charge is 0.507 e. The monoisotopic (exact) mass is 460 g/mol. The van der Waals surface area contributed by atoms with Crippen molar-refractivity contribution in [1.29, 1.82) is 0 Å². The number of carbonyl (C=O) groups is 3. The first-order valence-corrected chi connectivity index (χ1v) is 12.0. The highest BCUT2D eigenvalue weighted by molar-refractivity contribution is 6.01. The van der Waals surface area contributed by atoms with Crippen LogP contribution in [0.1, 0.15) is 66.9 Å². The van der Waals surface area contributed by atoms with Gasteiger partial charge in [-0.1, -0.05) is 6.07 Å². The molecule has 3 N–H and O–H groups in total. The third kappa shape index (κ3) is 6.49. The summed E-state index contributed by atoms with van der Waals surface area (Å²) < 4.78 is 5.46. The number of aromatic hydroxyl groups is 1. The normalized spacial score (nSPS) is 20.8. The molecule has 1 aromatic carbocycles. The Morgan fingerprint density at radius 2 is 1.85 bits per heavy atom. The van der Waals surface area contributed by atoms with Crippen molar-refractivity contribution in [2.45, 2.75) is 58.3 Å². The fourth-order valence-electron chi connectivity index (χ4n) is 5.53. The van der Waals surface area contributed by atoms with E-state index in [9.17, 15) is 29.7 Å². The maximum atomic E-state index is 13.0. The maximum absolute atomic E-state index is 13.0. The number of aliphatic hydroxyl groups is 2. The Morgan fingerprint density at radius 3 is 2.48 bits per heavy atom. The first-order chi connectivity index (χ1) is 15.8. The number of ketones is 3. The van der Waals surface area contributed by atoms with Gasteiger partial charge in [0.25, 0.3) is 0 Å². The first-order valence-electron chi connectivity index (χ1n) is 12.0. The van der Waals surface area contributed by atoms with Crippen LogP contribution in [0.15, 0.2) is 12.1 Å². The molecule has 2 aliphatic rings. The van der Waals surface area contributed by atoms with Gasteiger partial charge in [-0.3, -0.25) is 14.4 Å². The van der Waals surface area contributed by atoms with Crippen molar-refractivity contribution in [3.05, 3.63) is 28.8 Å². The quantitative estimate of drug-likeness (QED) is 0.434. The van der Waals surface area contributed by atoms with Gasteiger partial charge in [0.2, 0.25) is 0 Å². The number of hydrogen-bond acceptors (Lipinski definition) is 7. The zero-order valence-electron chi connectivity index (χ0n) is 19.4. The highest BCUT2D eigenvalue weighted by Gasteiger charge is 2.35. The van der Waals surface area contributed by atoms with E-state index in [1.165, 1.54) is 6.92 Å². The van der Waals surface area contributed by atoms with E-state index in [0.717, 1.165) is 43.6 Å². The number of ether oxygens (including phenoxy) is 1. The van der Waals surface area contributed by atoms with E-state index >= 15 is 0 Å². The number of hydrogen-bond donors (Lipinski definition) is 3. The lowest BCUT2D eigenvalue weighted by Gasteiger charge is -2.32. The van der Waals surface area contributed by atoms with Gasteiger partial charge in [0.05, 0.1) is 18.6 Å². The van der Waals surface area contributed by atoms with E-state index in [1.807, 2.05) is 6.07 Å². The Kier molecular flexibility index (Phi) is 9.18. The lowest BCUT2D eigenvalue weighted by atomic mass is 9.72. The van der Waals surface area contributed by atoms with Crippen molar-refractivity contribution >= 4 is 17.3 Å². The number of phenolic OH excluding ortho intramolecular Hbond substituents is 1. The SMILES string of the molecule is CC(=O)CC(=O)C(CO)C(CCO)CC1CC(=O)c2c(O)ccc(CC3CCOCC3)c2C1. The average Bonchev–Trinajstić information content (AvgIpc) is 2.76. The Hall–Kier alpha value is -2.09. The second-order valence-corrected chi connectivity index (χ2v) is 9.70. The molecule has 7 nitrogen and oxygen atoms in total. The Morgan fingerprint density at radius 1 is 1.12 bits per heavy atom. The molecule has 0 saturated carbocycles. The number of rotatable bonds is 11. The van der Waals surface area contributed by atoms with Gasteiger partial charge < -0.3 is 20.1 Å². The summed E-state index contributed by atoms with van der Waals surface area (Å²) in [6.07, 6.45) is 4.22. The molecule has 0 bridgehead atoms. The van der Waals surface area contributed by atoms with Crippen LogP contribution in [-0.4, -0.2) is 59.1 Å². The van der Waals surface area contributed by atoms with Gasteiger partial charge in [-0.25, -0.2) is 0 Å². The fraction of sp³-hybridized carbons (Fsp3) is 0.654. The third-order valence-corrected chi connectivity index (χ3v) is 7.22. The molecule has 1 fully saturated rings. The molecule has 182 valence electrons. The van der Waals surface area contributed by atoms with E-state index in [1.54, 1.807) is 6.07 Å². The van der Waals surface area contributed by atoms with E-state index in [4.69, 9.17) is 4.74 Å². The molecular weight excluding hydrogens is 424 g/mol. The Labute approximate surface area is 195 Å². The highest BCUT2D eigenvalue weighted by atomic mass is 16.5. The minimum Gasteiger partial charge on any atom is -0.507 e. The molecule has 33 heavy (non-hydrogen) atoms.